The second-order valence-electron chi connectivity index (χ2n) is 11.5. The number of carbonyl (C=O) groups is 4. The van der Waals surface area contributed by atoms with Gasteiger partial charge in [-0.3, -0.25) is 19.2 Å². The van der Waals surface area contributed by atoms with E-state index in [1.165, 1.54) is 9.80 Å². The molecule has 3 N–H and O–H groups in total. The van der Waals surface area contributed by atoms with Crippen molar-refractivity contribution in [2.24, 2.45) is 23.7 Å². The van der Waals surface area contributed by atoms with Crippen molar-refractivity contribution < 1.29 is 19.2 Å². The molecule has 0 aromatic rings. The summed E-state index contributed by atoms with van der Waals surface area (Å²) >= 11 is 0. The van der Waals surface area contributed by atoms with E-state index in [0.29, 0.717) is 6.54 Å². The number of amides is 4. The predicted octanol–water partition coefficient (Wildman–Crippen LogP) is 2.64. The molecule has 0 saturated heterocycles. The van der Waals surface area contributed by atoms with Crippen molar-refractivity contribution in [1.29, 1.82) is 0 Å². The minimum absolute atomic E-state index is 0.0466. The van der Waals surface area contributed by atoms with Crippen LogP contribution in [0, 0.1) is 23.7 Å². The van der Waals surface area contributed by atoms with Crippen molar-refractivity contribution in [3.8, 4) is 0 Å². The van der Waals surface area contributed by atoms with Gasteiger partial charge in [-0.2, -0.15) is 0 Å². The van der Waals surface area contributed by atoms with Gasteiger partial charge in [-0.1, -0.05) is 75.2 Å². The highest BCUT2D eigenvalue weighted by molar-refractivity contribution is 5.95. The van der Waals surface area contributed by atoms with Gasteiger partial charge in [0.1, 0.15) is 18.1 Å². The maximum Gasteiger partial charge on any atom is 0.246 e. The highest BCUT2D eigenvalue weighted by atomic mass is 16.2. The second-order valence-corrected chi connectivity index (χ2v) is 11.5. The van der Waals surface area contributed by atoms with Gasteiger partial charge in [0.15, 0.2) is 0 Å². The number of hydrogen-bond donors (Lipinski definition) is 3. The van der Waals surface area contributed by atoms with Crippen LogP contribution in [0.4, 0.5) is 0 Å². The maximum atomic E-state index is 13.8. The van der Waals surface area contributed by atoms with Crippen LogP contribution in [0.25, 0.3) is 0 Å². The molecule has 0 rings (SSSR count). The Labute approximate surface area is 225 Å². The summed E-state index contributed by atoms with van der Waals surface area (Å²) in [4.78, 5) is 56.3. The van der Waals surface area contributed by atoms with Crippen LogP contribution in [0.1, 0.15) is 81.6 Å². The lowest BCUT2D eigenvalue weighted by Gasteiger charge is -2.39. The Kier molecular flexibility index (Phi) is 15.7. The van der Waals surface area contributed by atoms with Crippen LogP contribution in [-0.2, 0) is 19.2 Å². The molecule has 4 amide bonds. The summed E-state index contributed by atoms with van der Waals surface area (Å²) in [5.41, 5.74) is 0. The van der Waals surface area contributed by atoms with E-state index >= 15 is 0 Å². The Balaban J connectivity index is 5.87. The van der Waals surface area contributed by atoms with Gasteiger partial charge in [0.2, 0.25) is 23.6 Å². The third-order valence-electron chi connectivity index (χ3n) is 6.88. The van der Waals surface area contributed by atoms with E-state index in [4.69, 9.17) is 0 Å². The average molecular weight is 526 g/mol. The Morgan fingerprint density at radius 1 is 0.649 bits per heavy atom. The molecule has 0 spiro atoms. The van der Waals surface area contributed by atoms with Crippen LogP contribution in [0.5, 0.6) is 0 Å². The van der Waals surface area contributed by atoms with Crippen molar-refractivity contribution in [3.05, 3.63) is 0 Å². The summed E-state index contributed by atoms with van der Waals surface area (Å²) in [7, 11) is 4.96. The fraction of sp³-hybridized carbons (Fsp3) is 0.857. The highest BCUT2D eigenvalue weighted by Gasteiger charge is 2.40. The molecule has 9 heteroatoms. The topological polar surface area (TPSA) is 111 Å². The summed E-state index contributed by atoms with van der Waals surface area (Å²) in [5, 5.41) is 8.88. The molecular weight excluding hydrogens is 470 g/mol. The minimum atomic E-state index is -0.783. The van der Waals surface area contributed by atoms with E-state index in [1.54, 1.807) is 21.1 Å². The normalized spacial score (nSPS) is 14.9. The molecule has 9 nitrogen and oxygen atoms in total. The van der Waals surface area contributed by atoms with Gasteiger partial charge in [0.25, 0.3) is 0 Å². The zero-order chi connectivity index (χ0) is 29.0. The lowest BCUT2D eigenvalue weighted by Crippen LogP contribution is -2.61. The number of nitrogens with zero attached hydrogens (tertiary/aromatic N) is 2. The molecule has 0 unspecified atom stereocenters. The first kappa shape index (κ1) is 34.8. The number of nitrogens with one attached hydrogen (secondary N) is 3. The standard InChI is InChI=1S/C28H55N5O4/c1-13-14-15-16-30-26(35)23(19(6)7)32(11)28(37)24(20(8)9)33(12)27(36)22(18(4)5)31-25(34)21(29-10)17(2)3/h17-24,29H,13-16H2,1-12H3,(H,30,35)(H,31,34)/t21-,22-,23-,24-/m0/s1. The molecule has 0 fully saturated rings. The molecule has 0 bridgehead atoms. The minimum Gasteiger partial charge on any atom is -0.354 e. The Bertz CT molecular complexity index is 738. The first-order chi connectivity index (χ1) is 17.1. The van der Waals surface area contributed by atoms with Crippen LogP contribution in [0.3, 0.4) is 0 Å². The molecule has 0 aliphatic carbocycles. The summed E-state index contributed by atoms with van der Waals surface area (Å²) in [6, 6.07) is -2.65. The van der Waals surface area contributed by atoms with Gasteiger partial charge < -0.3 is 25.8 Å². The number of rotatable bonds is 16. The second kappa shape index (κ2) is 16.6. The van der Waals surface area contributed by atoms with E-state index in [2.05, 4.69) is 22.9 Å². The van der Waals surface area contributed by atoms with Crippen molar-refractivity contribution >= 4 is 23.6 Å². The molecule has 0 aliphatic heterocycles. The largest absolute Gasteiger partial charge is 0.354 e. The maximum absolute atomic E-state index is 13.8. The summed E-state index contributed by atoms with van der Waals surface area (Å²) < 4.78 is 0. The van der Waals surface area contributed by atoms with E-state index in [0.717, 1.165) is 19.3 Å². The van der Waals surface area contributed by atoms with Gasteiger partial charge in [0.05, 0.1) is 6.04 Å². The van der Waals surface area contributed by atoms with Crippen LogP contribution in [0.2, 0.25) is 0 Å². The van der Waals surface area contributed by atoms with Crippen LogP contribution >= 0.6 is 0 Å². The van der Waals surface area contributed by atoms with Gasteiger partial charge >= 0.3 is 0 Å². The Hall–Kier alpha value is -2.16. The molecular formula is C28H55N5O4. The molecule has 4 atom stereocenters. The molecule has 0 aromatic heterocycles. The van der Waals surface area contributed by atoms with Crippen molar-refractivity contribution in [3.63, 3.8) is 0 Å². The molecule has 37 heavy (non-hydrogen) atoms. The number of hydrogen-bond acceptors (Lipinski definition) is 5. The third-order valence-corrected chi connectivity index (χ3v) is 6.88. The Morgan fingerprint density at radius 2 is 1.14 bits per heavy atom. The van der Waals surface area contributed by atoms with Gasteiger partial charge in [-0.05, 0) is 37.1 Å². The predicted molar refractivity (Wildman–Crippen MR) is 150 cm³/mol. The van der Waals surface area contributed by atoms with Gasteiger partial charge in [-0.15, -0.1) is 0 Å². The van der Waals surface area contributed by atoms with Crippen molar-refractivity contribution in [1.82, 2.24) is 25.8 Å². The van der Waals surface area contributed by atoms with E-state index in [1.807, 2.05) is 55.4 Å². The molecule has 0 radical (unpaired) electrons. The van der Waals surface area contributed by atoms with Gasteiger partial charge in [0, 0.05) is 20.6 Å². The number of unbranched alkanes of at least 4 members (excludes halogenated alkanes) is 2. The monoisotopic (exact) mass is 525 g/mol. The van der Waals surface area contributed by atoms with Crippen LogP contribution in [-0.4, -0.2) is 85.3 Å². The summed E-state index contributed by atoms with van der Waals surface area (Å²) in [5.74, 6) is -1.49. The fourth-order valence-electron chi connectivity index (χ4n) is 4.74. The number of carbonyl (C=O) groups excluding carboxylic acids is 4. The van der Waals surface area contributed by atoms with Crippen molar-refractivity contribution in [2.75, 3.05) is 27.7 Å². The van der Waals surface area contributed by atoms with E-state index in [-0.39, 0.29) is 47.3 Å². The van der Waals surface area contributed by atoms with E-state index in [9.17, 15) is 19.2 Å². The highest BCUT2D eigenvalue weighted by Crippen LogP contribution is 2.19. The van der Waals surface area contributed by atoms with E-state index < -0.39 is 24.2 Å². The zero-order valence-electron chi connectivity index (χ0n) is 25.5. The molecule has 0 heterocycles. The molecule has 0 saturated carbocycles. The summed E-state index contributed by atoms with van der Waals surface area (Å²) in [6.45, 7) is 17.9. The fourth-order valence-corrected chi connectivity index (χ4v) is 4.74. The first-order valence-electron chi connectivity index (χ1n) is 13.9. The van der Waals surface area contributed by atoms with Crippen LogP contribution in [0.15, 0.2) is 0 Å². The quantitative estimate of drug-likeness (QED) is 0.268. The number of likely N-dealkylation sites (N-methyl/N-ethyl adjacent to an activating group) is 3. The smallest absolute Gasteiger partial charge is 0.246 e. The Morgan fingerprint density at radius 3 is 1.54 bits per heavy atom. The van der Waals surface area contributed by atoms with Gasteiger partial charge in [-0.25, -0.2) is 0 Å². The molecule has 0 aromatic carbocycles. The van der Waals surface area contributed by atoms with Crippen LogP contribution < -0.4 is 16.0 Å². The molecule has 0 aliphatic rings. The summed E-state index contributed by atoms with van der Waals surface area (Å²) in [6.07, 6.45) is 2.98. The third kappa shape index (κ3) is 10.3. The average Bonchev–Trinajstić information content (AvgIpc) is 2.79. The first-order valence-corrected chi connectivity index (χ1v) is 13.9. The zero-order valence-corrected chi connectivity index (χ0v) is 25.5. The molecule has 216 valence electrons. The SMILES string of the molecule is CCCCCNC(=O)[C@H](C(C)C)N(C)C(=O)[C@H](C(C)C)N(C)C(=O)[C@@H](NC(=O)[C@@H](NC)C(C)C)C(C)C. The lowest BCUT2D eigenvalue weighted by atomic mass is 9.95. The lowest BCUT2D eigenvalue weighted by molar-refractivity contribution is -0.151. The van der Waals surface area contributed by atoms with Crippen molar-refractivity contribution in [2.45, 2.75) is 106 Å².